The molecule has 2 aromatic carbocycles. The van der Waals surface area contributed by atoms with Crippen molar-refractivity contribution in [2.75, 3.05) is 13.1 Å². The van der Waals surface area contributed by atoms with Gasteiger partial charge in [0.2, 0.25) is 15.9 Å². The van der Waals surface area contributed by atoms with Gasteiger partial charge in [-0.05, 0) is 30.5 Å². The van der Waals surface area contributed by atoms with Crippen LogP contribution in [0.25, 0.3) is 0 Å². The van der Waals surface area contributed by atoms with E-state index in [1.54, 1.807) is 18.3 Å². The lowest BCUT2D eigenvalue weighted by atomic mass is 9.96. The molecule has 0 saturated carbocycles. The molecule has 0 bridgehead atoms. The zero-order valence-corrected chi connectivity index (χ0v) is 19.1. The number of aryl methyl sites for hydroxylation is 1. The number of nitrogens with one attached hydrogen (secondary N) is 1. The van der Waals surface area contributed by atoms with Gasteiger partial charge in [-0.1, -0.05) is 42.5 Å². The molecule has 8 nitrogen and oxygen atoms in total. The van der Waals surface area contributed by atoms with E-state index in [4.69, 9.17) is 0 Å². The van der Waals surface area contributed by atoms with Crippen LogP contribution in [0.1, 0.15) is 35.8 Å². The summed E-state index contributed by atoms with van der Waals surface area (Å²) >= 11 is 0. The van der Waals surface area contributed by atoms with Crippen LogP contribution in [0.2, 0.25) is 0 Å². The SMILES string of the molecule is Cn1ccnc1[C@H](NC(=O)C1CCN(S(=O)(=O)c2ccccc2C#N)CC1)c1ccccc1. The van der Waals surface area contributed by atoms with E-state index in [0.717, 1.165) is 11.4 Å². The zero-order chi connectivity index (χ0) is 23.4. The average molecular weight is 464 g/mol. The Morgan fingerprint density at radius 3 is 2.42 bits per heavy atom. The van der Waals surface area contributed by atoms with Gasteiger partial charge < -0.3 is 9.88 Å². The molecule has 1 aliphatic rings. The van der Waals surface area contributed by atoms with E-state index >= 15 is 0 Å². The molecule has 1 amide bonds. The van der Waals surface area contributed by atoms with Gasteiger partial charge >= 0.3 is 0 Å². The van der Waals surface area contributed by atoms with Crippen LogP contribution in [0, 0.1) is 17.2 Å². The summed E-state index contributed by atoms with van der Waals surface area (Å²) in [5.74, 6) is 0.290. The number of carbonyl (C=O) groups excluding carboxylic acids is 1. The molecule has 170 valence electrons. The molecule has 0 unspecified atom stereocenters. The Morgan fingerprint density at radius 1 is 1.12 bits per heavy atom. The number of carbonyl (C=O) groups is 1. The minimum Gasteiger partial charge on any atom is -0.342 e. The first-order chi connectivity index (χ1) is 15.9. The fourth-order valence-corrected chi connectivity index (χ4v) is 5.75. The number of sulfonamides is 1. The Labute approximate surface area is 193 Å². The largest absolute Gasteiger partial charge is 0.342 e. The topological polar surface area (TPSA) is 108 Å². The average Bonchev–Trinajstić information content (AvgIpc) is 3.28. The first-order valence-electron chi connectivity index (χ1n) is 10.7. The number of rotatable bonds is 6. The van der Waals surface area contributed by atoms with Crippen molar-refractivity contribution < 1.29 is 13.2 Å². The Kier molecular flexibility index (Phi) is 6.58. The Hall–Kier alpha value is -3.48. The number of nitrogens with zero attached hydrogens (tertiary/aromatic N) is 4. The highest BCUT2D eigenvalue weighted by atomic mass is 32.2. The number of imidazole rings is 1. The third-order valence-electron chi connectivity index (χ3n) is 5.99. The minimum absolute atomic E-state index is 0.00863. The molecule has 1 aliphatic heterocycles. The Balaban J connectivity index is 1.47. The second-order valence-corrected chi connectivity index (χ2v) is 9.94. The van der Waals surface area contributed by atoms with Gasteiger partial charge in [-0.2, -0.15) is 9.57 Å². The van der Waals surface area contributed by atoms with Gasteiger partial charge in [-0.25, -0.2) is 13.4 Å². The molecule has 9 heteroatoms. The predicted octanol–water partition coefficient (Wildman–Crippen LogP) is 2.60. The Morgan fingerprint density at radius 2 is 1.79 bits per heavy atom. The van der Waals surface area contributed by atoms with E-state index in [9.17, 15) is 18.5 Å². The van der Waals surface area contributed by atoms with Crippen LogP contribution in [-0.4, -0.2) is 41.3 Å². The highest BCUT2D eigenvalue weighted by Crippen LogP contribution is 2.27. The number of amides is 1. The van der Waals surface area contributed by atoms with Gasteiger partial charge in [0, 0.05) is 38.4 Å². The summed E-state index contributed by atoms with van der Waals surface area (Å²) in [5, 5.41) is 12.4. The van der Waals surface area contributed by atoms with Crippen LogP contribution in [0.5, 0.6) is 0 Å². The molecule has 4 rings (SSSR count). The highest BCUT2D eigenvalue weighted by Gasteiger charge is 2.34. The van der Waals surface area contributed by atoms with Crippen LogP contribution >= 0.6 is 0 Å². The van der Waals surface area contributed by atoms with Crippen molar-refractivity contribution >= 4 is 15.9 Å². The summed E-state index contributed by atoms with van der Waals surface area (Å²) in [5.41, 5.74) is 1.05. The number of hydrogen-bond acceptors (Lipinski definition) is 5. The number of benzene rings is 2. The zero-order valence-electron chi connectivity index (χ0n) is 18.3. The number of hydrogen-bond donors (Lipinski definition) is 1. The summed E-state index contributed by atoms with van der Waals surface area (Å²) in [7, 11) is -1.91. The molecule has 1 atom stereocenters. The fraction of sp³-hybridized carbons (Fsp3) is 0.292. The van der Waals surface area contributed by atoms with Crippen molar-refractivity contribution in [1.29, 1.82) is 5.26 Å². The Bertz CT molecular complexity index is 1270. The fourth-order valence-electron chi connectivity index (χ4n) is 4.14. The van der Waals surface area contributed by atoms with Crippen LogP contribution in [0.15, 0.2) is 71.9 Å². The summed E-state index contributed by atoms with van der Waals surface area (Å²) in [6.07, 6.45) is 4.34. The van der Waals surface area contributed by atoms with Crippen molar-refractivity contribution in [3.05, 3.63) is 83.9 Å². The van der Waals surface area contributed by atoms with Gasteiger partial charge in [0.05, 0.1) is 10.5 Å². The van der Waals surface area contributed by atoms with E-state index < -0.39 is 16.1 Å². The molecule has 33 heavy (non-hydrogen) atoms. The highest BCUT2D eigenvalue weighted by molar-refractivity contribution is 7.89. The van der Waals surface area contributed by atoms with E-state index in [1.807, 2.05) is 54.2 Å². The smallest absolute Gasteiger partial charge is 0.244 e. The lowest BCUT2D eigenvalue weighted by Crippen LogP contribution is -2.44. The molecule has 1 aromatic heterocycles. The molecule has 0 aliphatic carbocycles. The van der Waals surface area contributed by atoms with Gasteiger partial charge in [0.15, 0.2) is 0 Å². The number of nitriles is 1. The predicted molar refractivity (Wildman–Crippen MR) is 122 cm³/mol. The third kappa shape index (κ3) is 4.67. The van der Waals surface area contributed by atoms with Gasteiger partial charge in [-0.15, -0.1) is 0 Å². The maximum Gasteiger partial charge on any atom is 0.244 e. The quantitative estimate of drug-likeness (QED) is 0.605. The van der Waals surface area contributed by atoms with E-state index in [1.165, 1.54) is 16.4 Å². The van der Waals surface area contributed by atoms with E-state index in [2.05, 4.69) is 10.3 Å². The molecule has 1 N–H and O–H groups in total. The van der Waals surface area contributed by atoms with Crippen molar-refractivity contribution in [2.24, 2.45) is 13.0 Å². The second-order valence-electron chi connectivity index (χ2n) is 8.03. The first-order valence-corrected chi connectivity index (χ1v) is 12.2. The molecule has 0 radical (unpaired) electrons. The van der Waals surface area contributed by atoms with Gasteiger partial charge in [-0.3, -0.25) is 4.79 Å². The first kappa shape index (κ1) is 22.7. The maximum absolute atomic E-state index is 13.2. The molecule has 1 fully saturated rings. The van der Waals surface area contributed by atoms with Crippen molar-refractivity contribution in [1.82, 2.24) is 19.2 Å². The molecular weight excluding hydrogens is 438 g/mol. The molecular formula is C24H25N5O3S. The maximum atomic E-state index is 13.2. The van der Waals surface area contributed by atoms with Crippen LogP contribution < -0.4 is 5.32 Å². The summed E-state index contributed by atoms with van der Waals surface area (Å²) in [4.78, 5) is 17.6. The van der Waals surface area contributed by atoms with E-state index in [0.29, 0.717) is 12.8 Å². The molecule has 2 heterocycles. The summed E-state index contributed by atoms with van der Waals surface area (Å²) < 4.78 is 29.4. The van der Waals surface area contributed by atoms with Gasteiger partial charge in [0.25, 0.3) is 0 Å². The van der Waals surface area contributed by atoms with Crippen molar-refractivity contribution in [3.63, 3.8) is 0 Å². The van der Waals surface area contributed by atoms with Crippen LogP contribution in [0.4, 0.5) is 0 Å². The van der Waals surface area contributed by atoms with Crippen LogP contribution in [-0.2, 0) is 21.9 Å². The third-order valence-corrected chi connectivity index (χ3v) is 7.94. The number of aromatic nitrogens is 2. The lowest BCUT2D eigenvalue weighted by Gasteiger charge is -2.31. The normalized spacial score (nSPS) is 16.1. The van der Waals surface area contributed by atoms with Gasteiger partial charge in [0.1, 0.15) is 17.9 Å². The van der Waals surface area contributed by atoms with Crippen LogP contribution in [0.3, 0.4) is 0 Å². The molecule has 1 saturated heterocycles. The van der Waals surface area contributed by atoms with E-state index in [-0.39, 0.29) is 35.4 Å². The molecule has 3 aromatic rings. The summed E-state index contributed by atoms with van der Waals surface area (Å²) in [6.45, 7) is 0.442. The standard InChI is InChI=1S/C24H25N5O3S/c1-28-16-13-26-23(28)22(18-7-3-2-4-8-18)27-24(30)19-11-14-29(15-12-19)33(31,32)21-10-6-5-9-20(21)17-25/h2-10,13,16,19,22H,11-12,14-15H2,1H3,(H,27,30)/t22-/m1/s1. The van der Waals surface area contributed by atoms with Crippen molar-refractivity contribution in [3.8, 4) is 6.07 Å². The molecule has 0 spiro atoms. The number of piperidine rings is 1. The lowest BCUT2D eigenvalue weighted by molar-refractivity contribution is -0.126. The second kappa shape index (κ2) is 9.57. The summed E-state index contributed by atoms with van der Waals surface area (Å²) in [6, 6.07) is 17.4. The minimum atomic E-state index is -3.80. The monoisotopic (exact) mass is 463 g/mol. The van der Waals surface area contributed by atoms with Crippen molar-refractivity contribution in [2.45, 2.75) is 23.8 Å².